The third-order valence-electron chi connectivity index (χ3n) is 3.24. The second-order valence-corrected chi connectivity index (χ2v) is 5.80. The highest BCUT2D eigenvalue weighted by atomic mass is 16.5. The standard InChI is InChI=1S/C15H23N3O2/c1-5-16-13-12(7-6-8-17-13)14(19)18-9-11(2)20-15(3,4)10-18/h6-8,11H,5,9-10H2,1-4H3,(H,16,17). The van der Waals surface area contributed by atoms with E-state index >= 15 is 0 Å². The van der Waals surface area contributed by atoms with Gasteiger partial charge in [-0.25, -0.2) is 4.98 Å². The van der Waals surface area contributed by atoms with Crippen LogP contribution in [0.3, 0.4) is 0 Å². The number of rotatable bonds is 3. The lowest BCUT2D eigenvalue weighted by molar-refractivity contribution is -0.118. The molecule has 1 amide bonds. The summed E-state index contributed by atoms with van der Waals surface area (Å²) in [5.74, 6) is 0.661. The quantitative estimate of drug-likeness (QED) is 0.920. The molecule has 110 valence electrons. The summed E-state index contributed by atoms with van der Waals surface area (Å²) in [7, 11) is 0. The van der Waals surface area contributed by atoms with Crippen LogP contribution in [0, 0.1) is 0 Å². The maximum Gasteiger partial charge on any atom is 0.257 e. The zero-order chi connectivity index (χ0) is 14.8. The van der Waals surface area contributed by atoms with Crippen LogP contribution in [0.5, 0.6) is 0 Å². The number of amides is 1. The zero-order valence-electron chi connectivity index (χ0n) is 12.6. The van der Waals surface area contributed by atoms with Crippen LogP contribution in [0.15, 0.2) is 18.3 Å². The topological polar surface area (TPSA) is 54.5 Å². The lowest BCUT2D eigenvalue weighted by Crippen LogP contribution is -2.53. The summed E-state index contributed by atoms with van der Waals surface area (Å²) in [5, 5.41) is 3.14. The van der Waals surface area contributed by atoms with E-state index < -0.39 is 0 Å². The number of hydrogen-bond acceptors (Lipinski definition) is 4. The molecule has 1 aromatic heterocycles. The molecule has 0 radical (unpaired) electrons. The van der Waals surface area contributed by atoms with Crippen molar-refractivity contribution in [3.05, 3.63) is 23.9 Å². The average Bonchev–Trinajstić information content (AvgIpc) is 2.36. The Morgan fingerprint density at radius 2 is 2.35 bits per heavy atom. The van der Waals surface area contributed by atoms with Crippen molar-refractivity contribution in [1.82, 2.24) is 9.88 Å². The Morgan fingerprint density at radius 1 is 1.60 bits per heavy atom. The molecule has 1 aromatic rings. The minimum atomic E-state index is -0.312. The van der Waals surface area contributed by atoms with Crippen LogP contribution in [0.1, 0.15) is 38.1 Å². The maximum atomic E-state index is 12.7. The highest BCUT2D eigenvalue weighted by Gasteiger charge is 2.34. The van der Waals surface area contributed by atoms with Crippen molar-refractivity contribution in [2.24, 2.45) is 0 Å². The van der Waals surface area contributed by atoms with Crippen molar-refractivity contribution in [2.45, 2.75) is 39.4 Å². The van der Waals surface area contributed by atoms with Crippen LogP contribution in [-0.2, 0) is 4.74 Å². The number of anilines is 1. The number of aromatic nitrogens is 1. The van der Waals surface area contributed by atoms with Gasteiger partial charge in [0.2, 0.25) is 0 Å². The van der Waals surface area contributed by atoms with Crippen molar-refractivity contribution < 1.29 is 9.53 Å². The van der Waals surface area contributed by atoms with E-state index in [2.05, 4.69) is 10.3 Å². The van der Waals surface area contributed by atoms with E-state index in [1.165, 1.54) is 0 Å². The average molecular weight is 277 g/mol. The molecule has 0 aliphatic carbocycles. The number of nitrogens with zero attached hydrogens (tertiary/aromatic N) is 2. The Kier molecular flexibility index (Phi) is 4.28. The van der Waals surface area contributed by atoms with Crippen LogP contribution < -0.4 is 5.32 Å². The van der Waals surface area contributed by atoms with E-state index in [1.807, 2.05) is 38.7 Å². The summed E-state index contributed by atoms with van der Waals surface area (Å²) in [6.45, 7) is 9.95. The van der Waals surface area contributed by atoms with Gasteiger partial charge >= 0.3 is 0 Å². The number of ether oxygens (including phenoxy) is 1. The minimum absolute atomic E-state index is 0.0114. The van der Waals surface area contributed by atoms with E-state index in [1.54, 1.807) is 12.3 Å². The molecular formula is C15H23N3O2. The van der Waals surface area contributed by atoms with Gasteiger partial charge in [-0.15, -0.1) is 0 Å². The highest BCUT2D eigenvalue weighted by molar-refractivity contribution is 5.98. The number of hydrogen-bond donors (Lipinski definition) is 1. The second kappa shape index (κ2) is 5.79. The van der Waals surface area contributed by atoms with Gasteiger partial charge in [-0.05, 0) is 39.8 Å². The lowest BCUT2D eigenvalue weighted by Gasteiger charge is -2.41. The van der Waals surface area contributed by atoms with E-state index in [9.17, 15) is 4.79 Å². The van der Waals surface area contributed by atoms with Gasteiger partial charge < -0.3 is 15.0 Å². The lowest BCUT2D eigenvalue weighted by atomic mass is 10.0. The van der Waals surface area contributed by atoms with Crippen molar-refractivity contribution >= 4 is 11.7 Å². The minimum Gasteiger partial charge on any atom is -0.370 e. The molecule has 1 atom stereocenters. The summed E-state index contributed by atoms with van der Waals surface area (Å²) in [6.07, 6.45) is 1.74. The molecule has 2 heterocycles. The molecule has 5 heteroatoms. The van der Waals surface area contributed by atoms with Crippen LogP contribution >= 0.6 is 0 Å². The normalized spacial score (nSPS) is 21.6. The van der Waals surface area contributed by atoms with E-state index in [-0.39, 0.29) is 17.6 Å². The van der Waals surface area contributed by atoms with Crippen LogP contribution in [-0.4, -0.2) is 47.1 Å². The van der Waals surface area contributed by atoms with Gasteiger partial charge in [0.25, 0.3) is 5.91 Å². The monoisotopic (exact) mass is 277 g/mol. The first-order valence-corrected chi connectivity index (χ1v) is 7.09. The first-order valence-electron chi connectivity index (χ1n) is 7.09. The number of carbonyl (C=O) groups excluding carboxylic acids is 1. The molecule has 20 heavy (non-hydrogen) atoms. The SMILES string of the molecule is CCNc1ncccc1C(=O)N1CC(C)OC(C)(C)C1. The molecule has 1 aliphatic heterocycles. The molecule has 2 rings (SSSR count). The van der Waals surface area contributed by atoms with Crippen molar-refractivity contribution in [2.75, 3.05) is 25.0 Å². The van der Waals surface area contributed by atoms with Crippen molar-refractivity contribution in [3.63, 3.8) is 0 Å². The zero-order valence-corrected chi connectivity index (χ0v) is 12.6. The molecule has 0 saturated carbocycles. The van der Waals surface area contributed by atoms with Crippen LogP contribution in [0.4, 0.5) is 5.82 Å². The predicted molar refractivity (Wildman–Crippen MR) is 78.9 cm³/mol. The summed E-state index contributed by atoms with van der Waals surface area (Å²) < 4.78 is 5.84. The number of morpholine rings is 1. The molecule has 0 spiro atoms. The van der Waals surface area contributed by atoms with Gasteiger partial charge in [0, 0.05) is 25.8 Å². The molecule has 0 bridgehead atoms. The van der Waals surface area contributed by atoms with Crippen LogP contribution in [0.25, 0.3) is 0 Å². The molecule has 1 fully saturated rings. The largest absolute Gasteiger partial charge is 0.370 e. The van der Waals surface area contributed by atoms with Gasteiger partial charge in [0.1, 0.15) is 5.82 Å². The fourth-order valence-corrected chi connectivity index (χ4v) is 2.66. The molecule has 5 nitrogen and oxygen atoms in total. The predicted octanol–water partition coefficient (Wildman–Crippen LogP) is 2.15. The van der Waals surface area contributed by atoms with Crippen LogP contribution in [0.2, 0.25) is 0 Å². The first kappa shape index (κ1) is 14.8. The van der Waals surface area contributed by atoms with Gasteiger partial charge in [0.05, 0.1) is 17.3 Å². The molecule has 1 unspecified atom stereocenters. The van der Waals surface area contributed by atoms with E-state index in [0.29, 0.717) is 24.5 Å². The summed E-state index contributed by atoms with van der Waals surface area (Å²) in [6, 6.07) is 3.61. The Morgan fingerprint density at radius 3 is 3.00 bits per heavy atom. The number of nitrogens with one attached hydrogen (secondary N) is 1. The summed E-state index contributed by atoms with van der Waals surface area (Å²) in [5.41, 5.74) is 0.313. The fourth-order valence-electron chi connectivity index (χ4n) is 2.66. The third-order valence-corrected chi connectivity index (χ3v) is 3.24. The van der Waals surface area contributed by atoms with Gasteiger partial charge in [-0.3, -0.25) is 4.79 Å². The smallest absolute Gasteiger partial charge is 0.257 e. The summed E-state index contributed by atoms with van der Waals surface area (Å²) >= 11 is 0. The Labute approximate surface area is 120 Å². The Hall–Kier alpha value is -1.62. The van der Waals surface area contributed by atoms with Gasteiger partial charge in [-0.2, -0.15) is 0 Å². The van der Waals surface area contributed by atoms with E-state index in [0.717, 1.165) is 6.54 Å². The fraction of sp³-hybridized carbons (Fsp3) is 0.600. The number of carbonyl (C=O) groups is 1. The third kappa shape index (κ3) is 3.28. The molecule has 1 saturated heterocycles. The maximum absolute atomic E-state index is 12.7. The van der Waals surface area contributed by atoms with Crippen molar-refractivity contribution in [3.8, 4) is 0 Å². The Balaban J connectivity index is 2.23. The number of pyridine rings is 1. The highest BCUT2D eigenvalue weighted by Crippen LogP contribution is 2.23. The molecule has 0 aromatic carbocycles. The van der Waals surface area contributed by atoms with E-state index in [4.69, 9.17) is 4.74 Å². The van der Waals surface area contributed by atoms with Gasteiger partial charge in [-0.1, -0.05) is 0 Å². The van der Waals surface area contributed by atoms with Crippen molar-refractivity contribution in [1.29, 1.82) is 0 Å². The van der Waals surface area contributed by atoms with Gasteiger partial charge in [0.15, 0.2) is 0 Å². The molecule has 1 N–H and O–H groups in total. The Bertz CT molecular complexity index is 488. The second-order valence-electron chi connectivity index (χ2n) is 5.80. The first-order chi connectivity index (χ1) is 9.43. The molecule has 1 aliphatic rings. The summed E-state index contributed by atoms with van der Waals surface area (Å²) in [4.78, 5) is 18.8. The molecular weight excluding hydrogens is 254 g/mol.